The van der Waals surface area contributed by atoms with Crippen LogP contribution in [0.2, 0.25) is 0 Å². The summed E-state index contributed by atoms with van der Waals surface area (Å²) in [5.41, 5.74) is 12.9. The molecule has 174 valence electrons. The standard InChI is InChI=1S/C31H34N2O/c1-2-3-4-5-6-12-21-34-31-16-11-10-15-28(31)30-23-26(24-17-19-27(32)20-18-24)22-29(33-30)25-13-8-7-9-14-25/h7-11,13-20,22-23H,2-6,12,21,32H2,1H3. The molecule has 0 aliphatic rings. The van der Waals surface area contributed by atoms with E-state index in [9.17, 15) is 0 Å². The summed E-state index contributed by atoms with van der Waals surface area (Å²) in [6.07, 6.45) is 7.49. The number of ether oxygens (including phenoxy) is 1. The molecule has 0 amide bonds. The van der Waals surface area contributed by atoms with Gasteiger partial charge in [0.25, 0.3) is 0 Å². The molecular formula is C31H34N2O. The lowest BCUT2D eigenvalue weighted by molar-refractivity contribution is 0.305. The molecule has 0 saturated heterocycles. The fourth-order valence-corrected chi connectivity index (χ4v) is 4.14. The number of pyridine rings is 1. The monoisotopic (exact) mass is 450 g/mol. The highest BCUT2D eigenvalue weighted by Gasteiger charge is 2.12. The number of hydrogen-bond donors (Lipinski definition) is 1. The molecule has 0 radical (unpaired) electrons. The SMILES string of the molecule is CCCCCCCCOc1ccccc1-c1cc(-c2ccc(N)cc2)cc(-c2ccccc2)n1. The summed E-state index contributed by atoms with van der Waals surface area (Å²) in [5.74, 6) is 0.886. The summed E-state index contributed by atoms with van der Waals surface area (Å²) in [4.78, 5) is 5.05. The van der Waals surface area contributed by atoms with Crippen molar-refractivity contribution in [2.45, 2.75) is 45.4 Å². The van der Waals surface area contributed by atoms with Gasteiger partial charge >= 0.3 is 0 Å². The first kappa shape index (κ1) is 23.6. The average molecular weight is 451 g/mol. The molecular weight excluding hydrogens is 416 g/mol. The maximum Gasteiger partial charge on any atom is 0.128 e. The molecule has 0 fully saturated rings. The van der Waals surface area contributed by atoms with E-state index in [0.717, 1.165) is 58.1 Å². The number of benzene rings is 3. The van der Waals surface area contributed by atoms with Crippen molar-refractivity contribution in [3.63, 3.8) is 0 Å². The highest BCUT2D eigenvalue weighted by atomic mass is 16.5. The van der Waals surface area contributed by atoms with Crippen molar-refractivity contribution in [3.8, 4) is 39.4 Å². The summed E-state index contributed by atoms with van der Waals surface area (Å²) >= 11 is 0. The zero-order valence-corrected chi connectivity index (χ0v) is 20.0. The summed E-state index contributed by atoms with van der Waals surface area (Å²) in [6.45, 7) is 2.98. The van der Waals surface area contributed by atoms with E-state index in [2.05, 4.69) is 49.4 Å². The second-order valence-electron chi connectivity index (χ2n) is 8.73. The van der Waals surface area contributed by atoms with Crippen LogP contribution >= 0.6 is 0 Å². The van der Waals surface area contributed by atoms with Gasteiger partial charge in [0.1, 0.15) is 5.75 Å². The van der Waals surface area contributed by atoms with Crippen molar-refractivity contribution in [1.29, 1.82) is 0 Å². The summed E-state index contributed by atoms with van der Waals surface area (Å²) in [5, 5.41) is 0. The van der Waals surface area contributed by atoms with Crippen LogP contribution < -0.4 is 10.5 Å². The molecule has 0 unspecified atom stereocenters. The molecule has 0 aliphatic carbocycles. The van der Waals surface area contributed by atoms with Crippen LogP contribution in [0.15, 0.2) is 91.0 Å². The van der Waals surface area contributed by atoms with Crippen LogP contribution in [0.1, 0.15) is 45.4 Å². The van der Waals surface area contributed by atoms with Crippen LogP contribution in [-0.4, -0.2) is 11.6 Å². The lowest BCUT2D eigenvalue weighted by atomic mass is 9.99. The zero-order chi connectivity index (χ0) is 23.6. The normalized spacial score (nSPS) is 10.9. The Bertz CT molecular complexity index is 1170. The summed E-state index contributed by atoms with van der Waals surface area (Å²) in [6, 6.07) is 30.8. The number of rotatable bonds is 11. The van der Waals surface area contributed by atoms with Gasteiger partial charge in [-0.3, -0.25) is 0 Å². The van der Waals surface area contributed by atoms with Crippen molar-refractivity contribution >= 4 is 5.69 Å². The minimum absolute atomic E-state index is 0.729. The lowest BCUT2D eigenvalue weighted by Crippen LogP contribution is -2.00. The molecule has 1 heterocycles. The number of unbranched alkanes of at least 4 members (excludes halogenated alkanes) is 5. The maximum atomic E-state index is 6.25. The number of aromatic nitrogens is 1. The Kier molecular flexibility index (Phi) is 8.34. The third kappa shape index (κ3) is 6.26. The Morgan fingerprint density at radius 3 is 2.12 bits per heavy atom. The fraction of sp³-hybridized carbons (Fsp3) is 0.258. The predicted octanol–water partition coefficient (Wildman–Crippen LogP) is 8.40. The molecule has 1 aromatic heterocycles. The molecule has 0 atom stereocenters. The van der Waals surface area contributed by atoms with Crippen LogP contribution in [-0.2, 0) is 0 Å². The second kappa shape index (κ2) is 12.0. The van der Waals surface area contributed by atoms with Crippen LogP contribution in [0.5, 0.6) is 5.75 Å². The topological polar surface area (TPSA) is 48.1 Å². The minimum atomic E-state index is 0.729. The third-order valence-electron chi connectivity index (χ3n) is 6.06. The largest absolute Gasteiger partial charge is 0.493 e. The first-order valence-corrected chi connectivity index (χ1v) is 12.4. The van der Waals surface area contributed by atoms with Gasteiger partial charge in [-0.25, -0.2) is 4.98 Å². The van der Waals surface area contributed by atoms with Crippen LogP contribution in [0.3, 0.4) is 0 Å². The van der Waals surface area contributed by atoms with Gasteiger partial charge in [0.15, 0.2) is 0 Å². The molecule has 0 saturated carbocycles. The number of para-hydroxylation sites is 1. The fourth-order valence-electron chi connectivity index (χ4n) is 4.14. The molecule has 0 spiro atoms. The Labute approximate surface area is 203 Å². The summed E-state index contributed by atoms with van der Waals surface area (Å²) in [7, 11) is 0. The van der Waals surface area contributed by atoms with E-state index >= 15 is 0 Å². The Morgan fingerprint density at radius 1 is 0.647 bits per heavy atom. The predicted molar refractivity (Wildman–Crippen MR) is 144 cm³/mol. The number of nitrogens with zero attached hydrogens (tertiary/aromatic N) is 1. The van der Waals surface area contributed by atoms with Crippen LogP contribution in [0, 0.1) is 0 Å². The van der Waals surface area contributed by atoms with Crippen molar-refractivity contribution in [2.24, 2.45) is 0 Å². The van der Waals surface area contributed by atoms with E-state index in [4.69, 9.17) is 15.5 Å². The first-order chi connectivity index (χ1) is 16.7. The highest BCUT2D eigenvalue weighted by Crippen LogP contribution is 2.34. The molecule has 3 nitrogen and oxygen atoms in total. The third-order valence-corrected chi connectivity index (χ3v) is 6.06. The number of hydrogen-bond acceptors (Lipinski definition) is 3. The van der Waals surface area contributed by atoms with Crippen molar-refractivity contribution in [3.05, 3.63) is 91.0 Å². The van der Waals surface area contributed by atoms with Gasteiger partial charge in [0.05, 0.1) is 18.0 Å². The van der Waals surface area contributed by atoms with Gasteiger partial charge in [0, 0.05) is 16.8 Å². The molecule has 0 bridgehead atoms. The smallest absolute Gasteiger partial charge is 0.128 e. The quantitative estimate of drug-likeness (QED) is 0.184. The van der Waals surface area contributed by atoms with Crippen molar-refractivity contribution in [1.82, 2.24) is 4.98 Å². The number of nitrogens with two attached hydrogens (primary N) is 1. The van der Waals surface area contributed by atoms with Gasteiger partial charge in [-0.1, -0.05) is 93.6 Å². The summed E-state index contributed by atoms with van der Waals surface area (Å²) < 4.78 is 6.25. The number of nitrogen functional groups attached to an aromatic ring is 1. The van der Waals surface area contributed by atoms with Gasteiger partial charge in [0.2, 0.25) is 0 Å². The molecule has 3 aromatic carbocycles. The molecule has 4 aromatic rings. The van der Waals surface area contributed by atoms with E-state index in [1.165, 1.54) is 32.1 Å². The average Bonchev–Trinajstić information content (AvgIpc) is 2.89. The molecule has 3 heteroatoms. The van der Waals surface area contributed by atoms with E-state index in [-0.39, 0.29) is 0 Å². The van der Waals surface area contributed by atoms with Gasteiger partial charge in [-0.05, 0) is 53.9 Å². The van der Waals surface area contributed by atoms with Gasteiger partial charge in [-0.2, -0.15) is 0 Å². The molecule has 0 aliphatic heterocycles. The number of anilines is 1. The van der Waals surface area contributed by atoms with Crippen LogP contribution in [0.4, 0.5) is 5.69 Å². The Balaban J connectivity index is 1.63. The van der Waals surface area contributed by atoms with Gasteiger partial charge < -0.3 is 10.5 Å². The van der Waals surface area contributed by atoms with E-state index in [1.54, 1.807) is 0 Å². The molecule has 34 heavy (non-hydrogen) atoms. The first-order valence-electron chi connectivity index (χ1n) is 12.4. The zero-order valence-electron chi connectivity index (χ0n) is 20.0. The highest BCUT2D eigenvalue weighted by molar-refractivity contribution is 5.78. The van der Waals surface area contributed by atoms with Crippen molar-refractivity contribution < 1.29 is 4.74 Å². The van der Waals surface area contributed by atoms with Crippen molar-refractivity contribution in [2.75, 3.05) is 12.3 Å². The lowest BCUT2D eigenvalue weighted by Gasteiger charge is -2.14. The van der Waals surface area contributed by atoms with Crippen LogP contribution in [0.25, 0.3) is 33.6 Å². The molecule has 4 rings (SSSR count). The Morgan fingerprint density at radius 2 is 1.32 bits per heavy atom. The minimum Gasteiger partial charge on any atom is -0.493 e. The Hall–Kier alpha value is -3.59. The second-order valence-corrected chi connectivity index (χ2v) is 8.73. The maximum absolute atomic E-state index is 6.25. The van der Waals surface area contributed by atoms with E-state index < -0.39 is 0 Å². The van der Waals surface area contributed by atoms with Gasteiger partial charge in [-0.15, -0.1) is 0 Å². The van der Waals surface area contributed by atoms with E-state index in [1.807, 2.05) is 48.5 Å². The molecule has 2 N–H and O–H groups in total. The van der Waals surface area contributed by atoms with E-state index in [0.29, 0.717) is 0 Å².